The van der Waals surface area contributed by atoms with Crippen molar-refractivity contribution in [2.75, 3.05) is 0 Å². The fraction of sp³-hybridized carbons (Fsp3) is 0. The van der Waals surface area contributed by atoms with Crippen molar-refractivity contribution in [3.63, 3.8) is 0 Å². The van der Waals surface area contributed by atoms with Crippen LogP contribution < -0.4 is 59.1 Å². The van der Waals surface area contributed by atoms with Crippen molar-refractivity contribution in [3.8, 4) is 0 Å². The maximum Gasteiger partial charge on any atom is 1.00 e. The maximum atomic E-state index is 10.6. The van der Waals surface area contributed by atoms with Gasteiger partial charge in [-0.1, -0.05) is 17.7 Å². The van der Waals surface area contributed by atoms with Crippen LogP contribution in [0.1, 0.15) is 23.6 Å². The first-order chi connectivity index (χ1) is 6.04. The van der Waals surface area contributed by atoms with Crippen molar-refractivity contribution < 1.29 is 81.8 Å². The number of rotatable bonds is 2. The minimum atomic E-state index is -1.34. The molecule has 0 fully saturated rings. The van der Waals surface area contributed by atoms with Crippen molar-refractivity contribution in [2.24, 2.45) is 0 Å². The summed E-state index contributed by atoms with van der Waals surface area (Å²) < 4.78 is 0. The molecule has 0 saturated carbocycles. The van der Waals surface area contributed by atoms with Gasteiger partial charge in [-0.25, -0.2) is 9.59 Å². The Morgan fingerprint density at radius 2 is 1.67 bits per heavy atom. The molecule has 0 atom stereocenters. The largest absolute Gasteiger partial charge is 1.00 e. The number of carboxylic acid groups (broad SMARTS) is 2. The van der Waals surface area contributed by atoms with E-state index in [4.69, 9.17) is 21.8 Å². The van der Waals surface area contributed by atoms with E-state index in [0.29, 0.717) is 0 Å². The standard InChI is InChI=1S/C8H5ClO4.2Na.2H/c9-5-3-1-2-4(7(10)11)6(5)8(12)13;;;;/h1-3H,(H,10,11)(H,12,13);;;;/q;2*+1;2*-1. The number of benzene rings is 1. The van der Waals surface area contributed by atoms with E-state index in [1.54, 1.807) is 0 Å². The van der Waals surface area contributed by atoms with Gasteiger partial charge in [0.25, 0.3) is 0 Å². The summed E-state index contributed by atoms with van der Waals surface area (Å²) in [7, 11) is 0. The van der Waals surface area contributed by atoms with E-state index in [0.717, 1.165) is 0 Å². The quantitative estimate of drug-likeness (QED) is 0.523. The normalized spacial score (nSPS) is 8.33. The second kappa shape index (κ2) is 7.68. The van der Waals surface area contributed by atoms with Crippen molar-refractivity contribution in [1.82, 2.24) is 0 Å². The Morgan fingerprint density at radius 1 is 1.13 bits per heavy atom. The van der Waals surface area contributed by atoms with E-state index in [9.17, 15) is 9.59 Å². The van der Waals surface area contributed by atoms with Gasteiger partial charge in [0.1, 0.15) is 0 Å². The number of carboxylic acids is 2. The predicted octanol–water partition coefficient (Wildman–Crippen LogP) is -4.03. The summed E-state index contributed by atoms with van der Waals surface area (Å²) in [5.41, 5.74) is -0.684. The van der Waals surface area contributed by atoms with Crippen molar-refractivity contribution >= 4 is 23.5 Å². The molecule has 0 saturated heterocycles. The molecule has 0 aliphatic heterocycles. The molecule has 0 heterocycles. The van der Waals surface area contributed by atoms with Gasteiger partial charge in [0.05, 0.1) is 16.1 Å². The van der Waals surface area contributed by atoms with Crippen LogP contribution in [0.3, 0.4) is 0 Å². The SMILES string of the molecule is O=C(O)c1cccc(Cl)c1C(=O)O.[H-].[H-].[Na+].[Na+]. The van der Waals surface area contributed by atoms with Crippen LogP contribution in [0.4, 0.5) is 0 Å². The second-order valence-corrected chi connectivity index (χ2v) is 2.68. The summed E-state index contributed by atoms with van der Waals surface area (Å²) in [6.45, 7) is 0. The monoisotopic (exact) mass is 248 g/mol. The first-order valence-electron chi connectivity index (χ1n) is 3.29. The Hall–Kier alpha value is 0.450. The van der Waals surface area contributed by atoms with Crippen LogP contribution in [0.2, 0.25) is 5.02 Å². The average molecular weight is 249 g/mol. The molecular formula is C8H7ClNa2O4. The Bertz CT molecular complexity index is 390. The molecule has 2 N–H and O–H groups in total. The third-order valence-electron chi connectivity index (χ3n) is 1.46. The van der Waals surface area contributed by atoms with E-state index < -0.39 is 11.9 Å². The van der Waals surface area contributed by atoms with Crippen molar-refractivity contribution in [1.29, 1.82) is 0 Å². The third-order valence-corrected chi connectivity index (χ3v) is 1.77. The van der Waals surface area contributed by atoms with E-state index in [2.05, 4.69) is 0 Å². The van der Waals surface area contributed by atoms with Gasteiger partial charge < -0.3 is 13.1 Å². The van der Waals surface area contributed by atoms with E-state index in [1.807, 2.05) is 0 Å². The number of hydrogen-bond acceptors (Lipinski definition) is 2. The van der Waals surface area contributed by atoms with Crippen molar-refractivity contribution in [2.45, 2.75) is 0 Å². The summed E-state index contributed by atoms with van der Waals surface area (Å²) in [6, 6.07) is 3.91. The molecule has 0 spiro atoms. The van der Waals surface area contributed by atoms with Crippen LogP contribution in [-0.2, 0) is 0 Å². The average Bonchev–Trinajstić information content (AvgIpc) is 2.02. The van der Waals surface area contributed by atoms with Gasteiger partial charge in [-0.2, -0.15) is 0 Å². The molecule has 0 bridgehead atoms. The first-order valence-corrected chi connectivity index (χ1v) is 3.67. The van der Waals surface area contributed by atoms with E-state index in [1.165, 1.54) is 18.2 Å². The van der Waals surface area contributed by atoms with Crippen LogP contribution in [0, 0.1) is 0 Å². The molecule has 0 aromatic heterocycles. The first kappa shape index (κ1) is 17.8. The zero-order valence-electron chi connectivity index (χ0n) is 10.3. The molecule has 0 aliphatic rings. The number of aromatic carboxylic acids is 2. The Balaban J connectivity index is -0.000000211. The fourth-order valence-corrected chi connectivity index (χ4v) is 1.18. The van der Waals surface area contributed by atoms with Gasteiger partial charge in [-0.3, -0.25) is 0 Å². The number of hydrogen-bond donors (Lipinski definition) is 2. The van der Waals surface area contributed by atoms with Crippen LogP contribution in [0.15, 0.2) is 18.2 Å². The fourth-order valence-electron chi connectivity index (χ4n) is 0.920. The molecule has 0 unspecified atom stereocenters. The van der Waals surface area contributed by atoms with Gasteiger partial charge in [-0.15, -0.1) is 0 Å². The molecule has 0 aliphatic carbocycles. The van der Waals surface area contributed by atoms with Crippen LogP contribution in [-0.4, -0.2) is 22.2 Å². The number of carbonyl (C=O) groups is 2. The number of halogens is 1. The predicted molar refractivity (Wildman–Crippen MR) is 47.6 cm³/mol. The maximum absolute atomic E-state index is 10.6. The zero-order valence-corrected chi connectivity index (χ0v) is 13.1. The van der Waals surface area contributed by atoms with E-state index >= 15 is 0 Å². The molecule has 4 nitrogen and oxygen atoms in total. The summed E-state index contributed by atoms with van der Waals surface area (Å²) in [4.78, 5) is 21.2. The van der Waals surface area contributed by atoms with Crippen LogP contribution in [0.5, 0.6) is 0 Å². The Kier molecular flexibility index (Phi) is 9.13. The van der Waals surface area contributed by atoms with Crippen LogP contribution in [0.25, 0.3) is 0 Å². The molecule has 72 valence electrons. The van der Waals surface area contributed by atoms with Gasteiger partial charge in [0.2, 0.25) is 0 Å². The summed E-state index contributed by atoms with van der Waals surface area (Å²) in [6.07, 6.45) is 0. The summed E-state index contributed by atoms with van der Waals surface area (Å²) >= 11 is 5.52. The van der Waals surface area contributed by atoms with Gasteiger partial charge in [-0.05, 0) is 12.1 Å². The Labute approximate surface area is 138 Å². The summed E-state index contributed by atoms with van der Waals surface area (Å²) in [5.74, 6) is -2.65. The molecule has 1 aromatic rings. The Morgan fingerprint density at radius 3 is 2.00 bits per heavy atom. The molecule has 15 heavy (non-hydrogen) atoms. The molecule has 1 rings (SSSR count). The molecule has 0 amide bonds. The molecular weight excluding hydrogens is 242 g/mol. The second-order valence-electron chi connectivity index (χ2n) is 2.27. The molecule has 1 aromatic carbocycles. The molecule has 0 radical (unpaired) electrons. The topological polar surface area (TPSA) is 74.6 Å². The van der Waals surface area contributed by atoms with Gasteiger partial charge in [0, 0.05) is 0 Å². The zero-order chi connectivity index (χ0) is 10.0. The van der Waals surface area contributed by atoms with Crippen molar-refractivity contribution in [3.05, 3.63) is 34.3 Å². The van der Waals surface area contributed by atoms with Gasteiger partial charge >= 0.3 is 71.1 Å². The summed E-state index contributed by atoms with van der Waals surface area (Å²) in [5, 5.41) is 17.2. The minimum absolute atomic E-state index is 0. The third kappa shape index (κ3) is 4.44. The van der Waals surface area contributed by atoms with Gasteiger partial charge in [0.15, 0.2) is 0 Å². The van der Waals surface area contributed by atoms with E-state index in [-0.39, 0.29) is 78.1 Å². The van der Waals surface area contributed by atoms with Crippen LogP contribution >= 0.6 is 11.6 Å². The molecule has 7 heteroatoms. The smallest absolute Gasteiger partial charge is 1.00 e. The minimum Gasteiger partial charge on any atom is -1.00 e.